The van der Waals surface area contributed by atoms with Crippen molar-refractivity contribution in [2.45, 2.75) is 6.54 Å². The fourth-order valence-corrected chi connectivity index (χ4v) is 3.80. The van der Waals surface area contributed by atoms with E-state index in [0.29, 0.717) is 33.9 Å². The third-order valence-electron chi connectivity index (χ3n) is 5.61. The first-order valence-corrected chi connectivity index (χ1v) is 10.9. The first-order valence-electron chi connectivity index (χ1n) is 10.9. The minimum atomic E-state index is -0.482. The topological polar surface area (TPSA) is 65.8 Å². The van der Waals surface area contributed by atoms with E-state index in [1.54, 1.807) is 62.5 Å². The third kappa shape index (κ3) is 4.96. The zero-order valence-electron chi connectivity index (χ0n) is 20.0. The number of ether oxygens (including phenoxy) is 3. The lowest BCUT2D eigenvalue weighted by Crippen LogP contribution is -2.26. The van der Waals surface area contributed by atoms with Crippen LogP contribution in [0.15, 0.2) is 72.9 Å². The monoisotopic (exact) mass is 475 g/mol. The molecule has 3 aromatic carbocycles. The van der Waals surface area contributed by atoms with Gasteiger partial charge in [-0.15, -0.1) is 0 Å². The lowest BCUT2D eigenvalue weighted by molar-refractivity contribution is 0.0785. The number of hydrogen-bond donors (Lipinski definition) is 0. The molecule has 0 aliphatic rings. The van der Waals surface area contributed by atoms with Crippen molar-refractivity contribution in [3.63, 3.8) is 0 Å². The van der Waals surface area contributed by atoms with Gasteiger partial charge >= 0.3 is 0 Å². The summed E-state index contributed by atoms with van der Waals surface area (Å²) in [5.74, 6) is 0.556. The van der Waals surface area contributed by atoms with Crippen LogP contribution in [-0.2, 0) is 6.54 Å². The number of halogens is 1. The Morgan fingerprint density at radius 1 is 0.943 bits per heavy atom. The summed E-state index contributed by atoms with van der Waals surface area (Å²) in [4.78, 5) is 15.1. The lowest BCUT2D eigenvalue weighted by Gasteiger charge is -2.18. The molecule has 0 bridgehead atoms. The van der Waals surface area contributed by atoms with Gasteiger partial charge in [0.15, 0.2) is 11.6 Å². The molecule has 1 amide bonds. The fourth-order valence-electron chi connectivity index (χ4n) is 3.80. The van der Waals surface area contributed by atoms with E-state index in [0.717, 1.165) is 5.69 Å². The molecule has 4 rings (SSSR count). The first kappa shape index (κ1) is 23.8. The van der Waals surface area contributed by atoms with Gasteiger partial charge in [0, 0.05) is 25.4 Å². The molecule has 0 atom stereocenters. The Morgan fingerprint density at radius 3 is 2.31 bits per heavy atom. The SMILES string of the molecule is COc1ccc(OC)c(-c2nn(-c3ccccc3)cc2C(=O)N(C)Cc2ccc(OC)c(F)c2)c1. The fraction of sp³-hybridized carbons (Fsp3) is 0.185. The number of benzene rings is 3. The molecule has 7 nitrogen and oxygen atoms in total. The average Bonchev–Trinajstić information content (AvgIpc) is 3.33. The molecular formula is C27H26FN3O4. The number of aromatic nitrogens is 2. The van der Waals surface area contributed by atoms with Crippen LogP contribution in [0.5, 0.6) is 17.2 Å². The summed E-state index contributed by atoms with van der Waals surface area (Å²) in [5.41, 5.74) is 2.87. The number of amides is 1. The largest absolute Gasteiger partial charge is 0.497 e. The molecule has 1 heterocycles. The Labute approximate surface area is 203 Å². The predicted octanol–water partition coefficient (Wildman–Crippen LogP) is 4.98. The molecule has 4 aromatic rings. The molecule has 0 spiro atoms. The summed E-state index contributed by atoms with van der Waals surface area (Å²) in [5, 5.41) is 4.74. The molecule has 180 valence electrons. The summed E-state index contributed by atoms with van der Waals surface area (Å²) in [7, 11) is 6.21. The highest BCUT2D eigenvalue weighted by molar-refractivity contribution is 6.00. The van der Waals surface area contributed by atoms with Crippen molar-refractivity contribution in [2.24, 2.45) is 0 Å². The van der Waals surface area contributed by atoms with Crippen LogP contribution in [0.3, 0.4) is 0 Å². The number of methoxy groups -OCH3 is 3. The van der Waals surface area contributed by atoms with Gasteiger partial charge in [-0.1, -0.05) is 24.3 Å². The van der Waals surface area contributed by atoms with Crippen LogP contribution in [0.4, 0.5) is 4.39 Å². The van der Waals surface area contributed by atoms with Crippen LogP contribution in [-0.4, -0.2) is 49.0 Å². The second-order valence-electron chi connectivity index (χ2n) is 7.87. The van der Waals surface area contributed by atoms with E-state index >= 15 is 0 Å². The van der Waals surface area contributed by atoms with Crippen molar-refractivity contribution in [3.8, 4) is 34.2 Å². The predicted molar refractivity (Wildman–Crippen MR) is 131 cm³/mol. The van der Waals surface area contributed by atoms with Crippen molar-refractivity contribution in [2.75, 3.05) is 28.4 Å². The Balaban J connectivity index is 1.76. The number of rotatable bonds is 8. The zero-order chi connectivity index (χ0) is 24.9. The number of carbonyl (C=O) groups is 1. The highest BCUT2D eigenvalue weighted by Crippen LogP contribution is 2.35. The minimum Gasteiger partial charge on any atom is -0.497 e. The Hall–Kier alpha value is -4.33. The molecule has 0 aliphatic heterocycles. The summed E-state index contributed by atoms with van der Waals surface area (Å²) >= 11 is 0. The number of nitrogens with zero attached hydrogens (tertiary/aromatic N) is 3. The van der Waals surface area contributed by atoms with E-state index in [-0.39, 0.29) is 18.2 Å². The highest BCUT2D eigenvalue weighted by Gasteiger charge is 2.24. The zero-order valence-corrected chi connectivity index (χ0v) is 20.0. The summed E-state index contributed by atoms with van der Waals surface area (Å²) in [6.45, 7) is 0.199. The van der Waals surface area contributed by atoms with E-state index in [1.807, 2.05) is 30.3 Å². The molecule has 35 heavy (non-hydrogen) atoms. The third-order valence-corrected chi connectivity index (χ3v) is 5.61. The maximum absolute atomic E-state index is 14.2. The second-order valence-corrected chi connectivity index (χ2v) is 7.87. The molecule has 0 aliphatic carbocycles. The summed E-state index contributed by atoms with van der Waals surface area (Å²) in [6.07, 6.45) is 1.69. The molecular weight excluding hydrogens is 449 g/mol. The Morgan fingerprint density at radius 2 is 1.66 bits per heavy atom. The second kappa shape index (κ2) is 10.3. The molecule has 0 saturated heterocycles. The lowest BCUT2D eigenvalue weighted by atomic mass is 10.1. The van der Waals surface area contributed by atoms with Crippen molar-refractivity contribution < 1.29 is 23.4 Å². The van der Waals surface area contributed by atoms with Gasteiger partial charge in [0.25, 0.3) is 5.91 Å². The molecule has 0 unspecified atom stereocenters. The molecule has 0 N–H and O–H groups in total. The number of hydrogen-bond acceptors (Lipinski definition) is 5. The van der Waals surface area contributed by atoms with Crippen LogP contribution in [0, 0.1) is 5.82 Å². The highest BCUT2D eigenvalue weighted by atomic mass is 19.1. The van der Waals surface area contributed by atoms with Gasteiger partial charge in [-0.3, -0.25) is 4.79 Å². The van der Waals surface area contributed by atoms with Crippen molar-refractivity contribution in [1.82, 2.24) is 14.7 Å². The average molecular weight is 476 g/mol. The Bertz CT molecular complexity index is 1340. The van der Waals surface area contributed by atoms with Crippen LogP contribution < -0.4 is 14.2 Å². The van der Waals surface area contributed by atoms with Gasteiger partial charge in [0.1, 0.15) is 17.2 Å². The molecule has 0 radical (unpaired) electrons. The normalized spacial score (nSPS) is 10.7. The number of carbonyl (C=O) groups excluding carboxylic acids is 1. The van der Waals surface area contributed by atoms with E-state index in [2.05, 4.69) is 0 Å². The van der Waals surface area contributed by atoms with Gasteiger partial charge in [-0.25, -0.2) is 9.07 Å². The molecule has 1 aromatic heterocycles. The molecule has 8 heteroatoms. The van der Waals surface area contributed by atoms with Crippen molar-refractivity contribution in [3.05, 3.63) is 89.9 Å². The van der Waals surface area contributed by atoms with Gasteiger partial charge in [0.05, 0.1) is 32.6 Å². The van der Waals surface area contributed by atoms with E-state index in [1.165, 1.54) is 18.1 Å². The standard InChI is InChI=1S/C27H26FN3O4/c1-30(16-18-10-12-25(35-4)23(28)14-18)27(32)22-17-31(19-8-6-5-7-9-19)29-26(22)21-15-20(33-2)11-13-24(21)34-3/h5-15,17H,16H2,1-4H3. The summed E-state index contributed by atoms with van der Waals surface area (Å²) in [6, 6.07) is 19.5. The van der Waals surface area contributed by atoms with Crippen LogP contribution in [0.1, 0.15) is 15.9 Å². The van der Waals surface area contributed by atoms with Crippen molar-refractivity contribution >= 4 is 5.91 Å². The van der Waals surface area contributed by atoms with Gasteiger partial charge < -0.3 is 19.1 Å². The Kier molecular flexibility index (Phi) is 7.01. The van der Waals surface area contributed by atoms with Crippen LogP contribution in [0.25, 0.3) is 16.9 Å². The first-order chi connectivity index (χ1) is 16.9. The van der Waals surface area contributed by atoms with Gasteiger partial charge in [-0.05, 0) is 48.0 Å². The summed E-state index contributed by atoms with van der Waals surface area (Å²) < 4.78 is 31.8. The molecule has 0 saturated carbocycles. The number of para-hydroxylation sites is 1. The quantitative estimate of drug-likeness (QED) is 0.360. The maximum Gasteiger partial charge on any atom is 0.257 e. The van der Waals surface area contributed by atoms with Crippen LogP contribution in [0.2, 0.25) is 0 Å². The maximum atomic E-state index is 14.2. The minimum absolute atomic E-state index is 0.152. The van der Waals surface area contributed by atoms with Gasteiger partial charge in [0.2, 0.25) is 0 Å². The van der Waals surface area contributed by atoms with Crippen LogP contribution >= 0.6 is 0 Å². The van der Waals surface area contributed by atoms with E-state index in [9.17, 15) is 9.18 Å². The molecule has 0 fully saturated rings. The smallest absolute Gasteiger partial charge is 0.257 e. The van der Waals surface area contributed by atoms with Crippen molar-refractivity contribution in [1.29, 1.82) is 0 Å². The van der Waals surface area contributed by atoms with E-state index < -0.39 is 5.82 Å². The van der Waals surface area contributed by atoms with E-state index in [4.69, 9.17) is 19.3 Å². The van der Waals surface area contributed by atoms with Gasteiger partial charge in [-0.2, -0.15) is 5.10 Å².